The summed E-state index contributed by atoms with van der Waals surface area (Å²) in [5.74, 6) is 0. The Kier molecular flexibility index (Phi) is 5.03. The number of aromatic nitrogens is 6. The maximum Gasteiger partial charge on any atom is 0.141 e. The molecule has 1 atom stereocenters. The number of nitrogens with one attached hydrogen (secondary N) is 1. The van der Waals surface area contributed by atoms with E-state index in [1.165, 1.54) is 4.90 Å². The Morgan fingerprint density at radius 2 is 1.93 bits per heavy atom. The Hall–Kier alpha value is -3.45. The fourth-order valence-corrected chi connectivity index (χ4v) is 4.48. The smallest absolute Gasteiger partial charge is 0.141 e. The van der Waals surface area contributed by atoms with Crippen LogP contribution in [0.5, 0.6) is 0 Å². The number of aromatic amines is 1. The van der Waals surface area contributed by atoms with E-state index in [1.807, 2.05) is 53.7 Å². The monoisotopic (exact) mass is 412 g/mol. The normalized spacial score (nSPS) is 12.3. The maximum atomic E-state index is 4.66. The molecule has 1 N–H and O–H groups in total. The second-order valence-electron chi connectivity index (χ2n) is 6.96. The van der Waals surface area contributed by atoms with Gasteiger partial charge in [0, 0.05) is 45.5 Å². The molecule has 0 saturated carbocycles. The lowest BCUT2D eigenvalue weighted by molar-refractivity contribution is 0.507. The van der Waals surface area contributed by atoms with Crippen molar-refractivity contribution in [2.24, 2.45) is 0 Å². The Morgan fingerprint density at radius 1 is 1.03 bits per heavy atom. The van der Waals surface area contributed by atoms with Gasteiger partial charge in [0.25, 0.3) is 0 Å². The van der Waals surface area contributed by atoms with Crippen LogP contribution in [0.15, 0.2) is 89.6 Å². The molecule has 5 aromatic rings. The molecule has 0 bridgehead atoms. The van der Waals surface area contributed by atoms with Crippen molar-refractivity contribution in [3.63, 3.8) is 0 Å². The van der Waals surface area contributed by atoms with Gasteiger partial charge in [-0.3, -0.25) is 9.67 Å². The first-order chi connectivity index (χ1) is 14.8. The van der Waals surface area contributed by atoms with Crippen LogP contribution in [-0.4, -0.2) is 29.7 Å². The van der Waals surface area contributed by atoms with Crippen molar-refractivity contribution in [3.05, 3.63) is 85.3 Å². The summed E-state index contributed by atoms with van der Waals surface area (Å²) in [5, 5.41) is 5.65. The van der Waals surface area contributed by atoms with Crippen LogP contribution in [0.25, 0.3) is 22.3 Å². The molecule has 7 heteroatoms. The Morgan fingerprint density at radius 3 is 2.80 bits per heavy atom. The Bertz CT molecular complexity index is 1280. The summed E-state index contributed by atoms with van der Waals surface area (Å²) in [6, 6.07) is 14.6. The molecule has 6 nitrogen and oxygen atoms in total. The molecule has 4 aromatic heterocycles. The molecule has 1 unspecified atom stereocenters. The van der Waals surface area contributed by atoms with E-state index in [9.17, 15) is 0 Å². The van der Waals surface area contributed by atoms with Gasteiger partial charge in [-0.25, -0.2) is 9.97 Å². The lowest BCUT2D eigenvalue weighted by atomic mass is 10.1. The second-order valence-corrected chi connectivity index (χ2v) is 8.11. The summed E-state index contributed by atoms with van der Waals surface area (Å²) in [6.45, 7) is 2.16. The van der Waals surface area contributed by atoms with Crippen LogP contribution >= 0.6 is 11.8 Å². The summed E-state index contributed by atoms with van der Waals surface area (Å²) in [6.07, 6.45) is 12.1. The minimum atomic E-state index is 0.103. The number of nitrogens with zero attached hydrogens (tertiary/aromatic N) is 5. The van der Waals surface area contributed by atoms with Crippen molar-refractivity contribution < 1.29 is 0 Å². The number of hydrogen-bond acceptors (Lipinski definition) is 5. The lowest BCUT2D eigenvalue weighted by Gasteiger charge is -2.16. The van der Waals surface area contributed by atoms with Crippen LogP contribution in [0.1, 0.15) is 24.9 Å². The van der Waals surface area contributed by atoms with Gasteiger partial charge in [0.15, 0.2) is 0 Å². The van der Waals surface area contributed by atoms with Gasteiger partial charge in [-0.2, -0.15) is 5.10 Å². The Labute approximate surface area is 178 Å². The molecule has 0 aliphatic carbocycles. The van der Waals surface area contributed by atoms with Crippen LogP contribution in [0.4, 0.5) is 0 Å². The van der Waals surface area contributed by atoms with Crippen LogP contribution < -0.4 is 0 Å². The van der Waals surface area contributed by atoms with Gasteiger partial charge in [0.2, 0.25) is 0 Å². The van der Waals surface area contributed by atoms with Gasteiger partial charge in [0.05, 0.1) is 17.9 Å². The van der Waals surface area contributed by atoms with Gasteiger partial charge in [-0.05, 0) is 36.2 Å². The number of benzene rings is 1. The highest BCUT2D eigenvalue weighted by Gasteiger charge is 2.16. The first kappa shape index (κ1) is 18.6. The zero-order valence-electron chi connectivity index (χ0n) is 16.4. The Balaban J connectivity index is 1.45. The van der Waals surface area contributed by atoms with E-state index < -0.39 is 0 Å². The van der Waals surface area contributed by atoms with E-state index in [0.717, 1.165) is 39.2 Å². The van der Waals surface area contributed by atoms with Crippen molar-refractivity contribution in [2.45, 2.75) is 29.2 Å². The molecule has 0 spiro atoms. The van der Waals surface area contributed by atoms with Crippen LogP contribution in [0.2, 0.25) is 0 Å². The van der Waals surface area contributed by atoms with E-state index in [1.54, 1.807) is 18.1 Å². The SMILES string of the molecule is CCC(c1cncc(Sc2ccccc2)c1)n1cc(-c2ncnc3[nH]ccc23)cn1. The number of pyridine rings is 1. The van der Waals surface area contributed by atoms with Crippen molar-refractivity contribution in [1.29, 1.82) is 0 Å². The number of fused-ring (bicyclic) bond motifs is 1. The molecule has 30 heavy (non-hydrogen) atoms. The fraction of sp³-hybridized carbons (Fsp3) is 0.130. The van der Waals surface area contributed by atoms with Gasteiger partial charge in [-0.15, -0.1) is 0 Å². The first-order valence-corrected chi connectivity index (χ1v) is 10.6. The third-order valence-corrected chi connectivity index (χ3v) is 6.00. The van der Waals surface area contributed by atoms with Crippen molar-refractivity contribution in [3.8, 4) is 11.3 Å². The molecule has 0 fully saturated rings. The maximum absolute atomic E-state index is 4.66. The molecular weight excluding hydrogens is 392 g/mol. The van der Waals surface area contributed by atoms with E-state index in [2.05, 4.69) is 56.4 Å². The van der Waals surface area contributed by atoms with E-state index in [0.29, 0.717) is 0 Å². The summed E-state index contributed by atoms with van der Waals surface area (Å²) in [5.41, 5.74) is 3.83. The highest BCUT2D eigenvalue weighted by molar-refractivity contribution is 7.99. The van der Waals surface area contributed by atoms with E-state index >= 15 is 0 Å². The highest BCUT2D eigenvalue weighted by atomic mass is 32.2. The molecule has 0 saturated heterocycles. The van der Waals surface area contributed by atoms with Crippen molar-refractivity contribution >= 4 is 22.8 Å². The van der Waals surface area contributed by atoms with Gasteiger partial charge in [0.1, 0.15) is 12.0 Å². The quantitative estimate of drug-likeness (QED) is 0.406. The predicted octanol–water partition coefficient (Wildman–Crippen LogP) is 5.37. The zero-order valence-corrected chi connectivity index (χ0v) is 17.3. The minimum absolute atomic E-state index is 0.103. The molecule has 5 rings (SSSR count). The molecule has 0 aliphatic heterocycles. The predicted molar refractivity (Wildman–Crippen MR) is 118 cm³/mol. The van der Waals surface area contributed by atoms with Gasteiger partial charge in [-0.1, -0.05) is 36.9 Å². The lowest BCUT2D eigenvalue weighted by Crippen LogP contribution is -2.10. The number of rotatable bonds is 6. The average Bonchev–Trinajstić information content (AvgIpc) is 3.45. The van der Waals surface area contributed by atoms with Gasteiger partial charge < -0.3 is 4.98 Å². The highest BCUT2D eigenvalue weighted by Crippen LogP contribution is 2.31. The number of hydrogen-bond donors (Lipinski definition) is 1. The third-order valence-electron chi connectivity index (χ3n) is 5.03. The van der Waals surface area contributed by atoms with Crippen molar-refractivity contribution in [1.82, 2.24) is 29.7 Å². The van der Waals surface area contributed by atoms with E-state index in [-0.39, 0.29) is 6.04 Å². The summed E-state index contributed by atoms with van der Waals surface area (Å²) < 4.78 is 2.00. The molecule has 4 heterocycles. The second kappa shape index (κ2) is 8.12. The minimum Gasteiger partial charge on any atom is -0.346 e. The zero-order chi connectivity index (χ0) is 20.3. The standard InChI is InChI=1S/C23H20N6S/c1-2-21(16-10-19(13-24-11-16)30-18-6-4-3-5-7-18)29-14-17(12-28-29)22-20-8-9-25-23(20)27-15-26-22/h3-15,21H,2H2,1H3,(H,25,26,27). The summed E-state index contributed by atoms with van der Waals surface area (Å²) in [7, 11) is 0. The summed E-state index contributed by atoms with van der Waals surface area (Å²) in [4.78, 5) is 18.7. The van der Waals surface area contributed by atoms with Crippen LogP contribution in [-0.2, 0) is 0 Å². The molecule has 148 valence electrons. The molecule has 0 radical (unpaired) electrons. The number of H-pyrrole nitrogens is 1. The molecule has 1 aromatic carbocycles. The fourth-order valence-electron chi connectivity index (χ4n) is 3.61. The third kappa shape index (κ3) is 3.59. The molecular formula is C23H20N6S. The molecule has 0 amide bonds. The average molecular weight is 413 g/mol. The van der Waals surface area contributed by atoms with Gasteiger partial charge >= 0.3 is 0 Å². The first-order valence-electron chi connectivity index (χ1n) is 9.82. The topological polar surface area (TPSA) is 72.3 Å². The largest absolute Gasteiger partial charge is 0.346 e. The van der Waals surface area contributed by atoms with E-state index in [4.69, 9.17) is 0 Å². The molecule has 0 aliphatic rings. The van der Waals surface area contributed by atoms with Crippen molar-refractivity contribution in [2.75, 3.05) is 0 Å². The van der Waals surface area contributed by atoms with Crippen LogP contribution in [0, 0.1) is 0 Å². The summed E-state index contributed by atoms with van der Waals surface area (Å²) >= 11 is 1.72. The van der Waals surface area contributed by atoms with Crippen LogP contribution in [0.3, 0.4) is 0 Å².